The third kappa shape index (κ3) is 3.48. The number of aromatic nitrogens is 1. The smallest absolute Gasteiger partial charge is 0.403 e. The topological polar surface area (TPSA) is 42.4 Å². The van der Waals surface area contributed by atoms with Gasteiger partial charge in [0.15, 0.2) is 11.6 Å². The van der Waals surface area contributed by atoms with E-state index in [0.717, 1.165) is 0 Å². The summed E-state index contributed by atoms with van der Waals surface area (Å²) in [6, 6.07) is 0.132. The second-order valence-electron chi connectivity index (χ2n) is 2.81. The number of aliphatic hydroxyl groups excluding tert-OH is 1. The van der Waals surface area contributed by atoms with Gasteiger partial charge in [0.25, 0.3) is 6.43 Å². The van der Waals surface area contributed by atoms with E-state index in [9.17, 15) is 26.3 Å². The van der Waals surface area contributed by atoms with E-state index in [4.69, 9.17) is 5.11 Å². The predicted molar refractivity (Wildman–Crippen MR) is 41.8 cm³/mol. The molecule has 0 atom stereocenters. The molecule has 1 aromatic heterocycles. The van der Waals surface area contributed by atoms with Crippen LogP contribution in [0.25, 0.3) is 0 Å². The van der Waals surface area contributed by atoms with Gasteiger partial charge in [0.05, 0.1) is 6.61 Å². The maximum Gasteiger partial charge on any atom is 0.573 e. The normalized spacial score (nSPS) is 12.0. The van der Waals surface area contributed by atoms with Gasteiger partial charge in [0.1, 0.15) is 11.4 Å². The molecule has 3 nitrogen and oxygen atoms in total. The van der Waals surface area contributed by atoms with Crippen molar-refractivity contribution in [3.63, 3.8) is 0 Å². The first-order valence-electron chi connectivity index (χ1n) is 4.08. The molecule has 1 rings (SSSR count). The highest BCUT2D eigenvalue weighted by atomic mass is 19.4. The molecule has 0 bridgehead atoms. The van der Waals surface area contributed by atoms with Gasteiger partial charge in [-0.3, -0.25) is 0 Å². The third-order valence-electron chi connectivity index (χ3n) is 1.61. The zero-order chi connectivity index (χ0) is 13.2. The zero-order valence-corrected chi connectivity index (χ0v) is 7.93. The highest BCUT2D eigenvalue weighted by Crippen LogP contribution is 2.30. The molecule has 0 aromatic carbocycles. The van der Waals surface area contributed by atoms with Crippen LogP contribution < -0.4 is 4.74 Å². The summed E-state index contributed by atoms with van der Waals surface area (Å²) in [7, 11) is 0. The minimum absolute atomic E-state index is 0.132. The van der Waals surface area contributed by atoms with Crippen molar-refractivity contribution in [2.75, 3.05) is 0 Å². The average molecular weight is 261 g/mol. The van der Waals surface area contributed by atoms with Crippen molar-refractivity contribution in [1.82, 2.24) is 4.98 Å². The Balaban J connectivity index is 3.23. The molecule has 17 heavy (non-hydrogen) atoms. The van der Waals surface area contributed by atoms with E-state index in [1.807, 2.05) is 0 Å². The number of halogens is 6. The summed E-state index contributed by atoms with van der Waals surface area (Å²) in [5.41, 5.74) is -2.06. The standard InChI is InChI=1S/C8H5F6NO2/c9-6-4(2-16)15-3(7(10)11)1-5(6)17-8(12,13)14/h1,7,16H,2H2. The molecule has 96 valence electrons. The molecule has 1 N–H and O–H groups in total. The fraction of sp³-hybridized carbons (Fsp3) is 0.375. The van der Waals surface area contributed by atoms with Crippen LogP contribution in [0.15, 0.2) is 6.07 Å². The summed E-state index contributed by atoms with van der Waals surface area (Å²) in [6.45, 7) is -1.12. The van der Waals surface area contributed by atoms with Gasteiger partial charge in [-0.15, -0.1) is 13.2 Å². The summed E-state index contributed by atoms with van der Waals surface area (Å²) in [4.78, 5) is 2.96. The lowest BCUT2D eigenvalue weighted by Crippen LogP contribution is -2.19. The molecule has 0 aliphatic rings. The van der Waals surface area contributed by atoms with Crippen LogP contribution in [0.2, 0.25) is 0 Å². The Morgan fingerprint density at radius 3 is 2.35 bits per heavy atom. The lowest BCUT2D eigenvalue weighted by Gasteiger charge is -2.12. The van der Waals surface area contributed by atoms with Gasteiger partial charge in [-0.25, -0.2) is 18.2 Å². The van der Waals surface area contributed by atoms with Crippen molar-refractivity contribution in [2.24, 2.45) is 0 Å². The number of hydrogen-bond donors (Lipinski definition) is 1. The van der Waals surface area contributed by atoms with Crippen molar-refractivity contribution in [1.29, 1.82) is 0 Å². The van der Waals surface area contributed by atoms with Crippen molar-refractivity contribution in [3.05, 3.63) is 23.3 Å². The van der Waals surface area contributed by atoms with Crippen molar-refractivity contribution < 1.29 is 36.2 Å². The Hall–Kier alpha value is -1.51. The highest BCUT2D eigenvalue weighted by molar-refractivity contribution is 5.30. The number of pyridine rings is 1. The van der Waals surface area contributed by atoms with E-state index in [-0.39, 0.29) is 6.07 Å². The molecular weight excluding hydrogens is 256 g/mol. The molecule has 1 aromatic rings. The summed E-state index contributed by atoms with van der Waals surface area (Å²) >= 11 is 0. The van der Waals surface area contributed by atoms with Gasteiger partial charge in [-0.1, -0.05) is 0 Å². The maximum atomic E-state index is 13.2. The van der Waals surface area contributed by atoms with Crippen LogP contribution in [-0.4, -0.2) is 16.5 Å². The lowest BCUT2D eigenvalue weighted by molar-refractivity contribution is -0.275. The Morgan fingerprint density at radius 1 is 1.35 bits per heavy atom. The van der Waals surface area contributed by atoms with Gasteiger partial charge in [-0.05, 0) is 0 Å². The highest BCUT2D eigenvalue weighted by Gasteiger charge is 2.33. The van der Waals surface area contributed by atoms with Crippen LogP contribution in [0.1, 0.15) is 17.8 Å². The van der Waals surface area contributed by atoms with Gasteiger partial charge in [-0.2, -0.15) is 0 Å². The molecule has 1 heterocycles. The minimum Gasteiger partial charge on any atom is -0.403 e. The Labute approximate surface area is 90.6 Å². The van der Waals surface area contributed by atoms with Gasteiger partial charge in [0, 0.05) is 6.07 Å². The van der Waals surface area contributed by atoms with E-state index < -0.39 is 42.3 Å². The molecule has 0 saturated heterocycles. The fourth-order valence-corrected chi connectivity index (χ4v) is 0.993. The number of alkyl halides is 5. The van der Waals surface area contributed by atoms with Crippen LogP contribution >= 0.6 is 0 Å². The van der Waals surface area contributed by atoms with Crippen molar-refractivity contribution in [2.45, 2.75) is 19.4 Å². The number of nitrogens with zero attached hydrogens (tertiary/aromatic N) is 1. The molecule has 0 aliphatic heterocycles. The summed E-state index contributed by atoms with van der Waals surface area (Å²) < 4.78 is 76.3. The largest absolute Gasteiger partial charge is 0.573 e. The fourth-order valence-electron chi connectivity index (χ4n) is 0.993. The second kappa shape index (κ2) is 4.78. The molecule has 9 heteroatoms. The maximum absolute atomic E-state index is 13.2. The number of rotatable bonds is 3. The lowest BCUT2D eigenvalue weighted by atomic mass is 10.2. The first kappa shape index (κ1) is 13.6. The molecule has 0 spiro atoms. The summed E-state index contributed by atoms with van der Waals surface area (Å²) in [5.74, 6) is -3.08. The number of aliphatic hydroxyl groups is 1. The van der Waals surface area contributed by atoms with Crippen molar-refractivity contribution in [3.8, 4) is 5.75 Å². The monoisotopic (exact) mass is 261 g/mol. The van der Waals surface area contributed by atoms with E-state index in [0.29, 0.717) is 0 Å². The molecule has 0 fully saturated rings. The number of hydrogen-bond acceptors (Lipinski definition) is 3. The van der Waals surface area contributed by atoms with Gasteiger partial charge >= 0.3 is 6.36 Å². The summed E-state index contributed by atoms with van der Waals surface area (Å²) in [5, 5.41) is 8.56. The molecular formula is C8H5F6NO2. The van der Waals surface area contributed by atoms with E-state index in [2.05, 4.69) is 9.72 Å². The molecule has 0 saturated carbocycles. The quantitative estimate of drug-likeness (QED) is 0.850. The van der Waals surface area contributed by atoms with Crippen LogP contribution in [-0.2, 0) is 6.61 Å². The minimum atomic E-state index is -5.23. The molecule has 0 aliphatic carbocycles. The van der Waals surface area contributed by atoms with E-state index in [1.54, 1.807) is 0 Å². The van der Waals surface area contributed by atoms with Crippen LogP contribution in [0.3, 0.4) is 0 Å². The molecule has 0 amide bonds. The Bertz CT molecular complexity index is 406. The van der Waals surface area contributed by atoms with Crippen LogP contribution in [0.5, 0.6) is 5.75 Å². The van der Waals surface area contributed by atoms with Gasteiger partial charge in [0.2, 0.25) is 0 Å². The van der Waals surface area contributed by atoms with Crippen LogP contribution in [0, 0.1) is 5.82 Å². The van der Waals surface area contributed by atoms with E-state index in [1.165, 1.54) is 0 Å². The first-order chi connectivity index (χ1) is 7.74. The van der Waals surface area contributed by atoms with Crippen LogP contribution in [0.4, 0.5) is 26.3 Å². The molecule has 0 radical (unpaired) electrons. The zero-order valence-electron chi connectivity index (χ0n) is 7.93. The predicted octanol–water partition coefficient (Wildman–Crippen LogP) is 2.55. The Kier molecular flexibility index (Phi) is 3.81. The number of ether oxygens (including phenoxy) is 1. The molecule has 0 unspecified atom stereocenters. The Morgan fingerprint density at radius 2 is 1.94 bits per heavy atom. The van der Waals surface area contributed by atoms with E-state index >= 15 is 0 Å². The second-order valence-corrected chi connectivity index (χ2v) is 2.81. The average Bonchev–Trinajstić information content (AvgIpc) is 2.18. The first-order valence-corrected chi connectivity index (χ1v) is 4.08. The summed E-state index contributed by atoms with van der Waals surface area (Å²) in [6.07, 6.45) is -8.44. The van der Waals surface area contributed by atoms with Gasteiger partial charge < -0.3 is 9.84 Å². The SMILES string of the molecule is OCc1nc(C(F)F)cc(OC(F)(F)F)c1F. The van der Waals surface area contributed by atoms with Crippen molar-refractivity contribution >= 4 is 0 Å². The third-order valence-corrected chi connectivity index (χ3v) is 1.61.